The van der Waals surface area contributed by atoms with Gasteiger partial charge < -0.3 is 9.72 Å². The number of carbonyl (C=O) groups is 1. The van der Waals surface area contributed by atoms with E-state index in [2.05, 4.69) is 4.98 Å². The molecule has 1 aliphatic heterocycles. The summed E-state index contributed by atoms with van der Waals surface area (Å²) in [6, 6.07) is 21.4. The van der Waals surface area contributed by atoms with Crippen LogP contribution < -0.4 is 9.64 Å². The van der Waals surface area contributed by atoms with Gasteiger partial charge in [0.1, 0.15) is 10.9 Å². The summed E-state index contributed by atoms with van der Waals surface area (Å²) in [4.78, 5) is 18.5. The number of hydrogen-bond donors (Lipinski definition) is 1. The van der Waals surface area contributed by atoms with Crippen molar-refractivity contribution in [1.82, 2.24) is 4.98 Å². The molecule has 30 heavy (non-hydrogen) atoms. The molecular weight excluding hydrogens is 396 g/mol. The fraction of sp³-hybridized carbons (Fsp3) is 0.0800. The first-order valence-corrected chi connectivity index (χ1v) is 10.0. The molecule has 0 aliphatic carbocycles. The molecule has 0 spiro atoms. The molecule has 0 atom stereocenters. The Morgan fingerprint density at radius 3 is 2.53 bits per heavy atom. The van der Waals surface area contributed by atoms with Crippen molar-refractivity contribution in [1.29, 1.82) is 0 Å². The van der Waals surface area contributed by atoms with Crippen LogP contribution in [0, 0.1) is 6.92 Å². The highest BCUT2D eigenvalue weighted by Crippen LogP contribution is 2.43. The minimum atomic E-state index is -0.0770. The summed E-state index contributed by atoms with van der Waals surface area (Å²) in [5.74, 6) is 0.703. The Balaban J connectivity index is 1.71. The summed E-state index contributed by atoms with van der Waals surface area (Å²) in [6.45, 7) is 1.99. The lowest BCUT2D eigenvalue weighted by Gasteiger charge is -2.16. The van der Waals surface area contributed by atoms with Crippen LogP contribution in [0.2, 0.25) is 5.15 Å². The number of nitrogens with zero attached hydrogens (tertiary/aromatic N) is 1. The summed E-state index contributed by atoms with van der Waals surface area (Å²) >= 11 is 6.56. The summed E-state index contributed by atoms with van der Waals surface area (Å²) < 4.78 is 5.49. The number of fused-ring (bicyclic) bond motifs is 2. The number of hydrogen-bond acceptors (Lipinski definition) is 2. The lowest BCUT2D eigenvalue weighted by molar-refractivity contribution is -0.112. The summed E-state index contributed by atoms with van der Waals surface area (Å²) in [6.07, 6.45) is 1.88. The average molecular weight is 415 g/mol. The van der Waals surface area contributed by atoms with E-state index in [0.717, 1.165) is 44.7 Å². The van der Waals surface area contributed by atoms with Gasteiger partial charge in [-0.25, -0.2) is 0 Å². The number of amides is 1. The van der Waals surface area contributed by atoms with Crippen molar-refractivity contribution >= 4 is 51.4 Å². The van der Waals surface area contributed by atoms with Crippen molar-refractivity contribution in [3.05, 3.63) is 88.6 Å². The van der Waals surface area contributed by atoms with Crippen molar-refractivity contribution in [2.45, 2.75) is 6.92 Å². The summed E-state index contributed by atoms with van der Waals surface area (Å²) in [5, 5.41) is 1.41. The van der Waals surface area contributed by atoms with Gasteiger partial charge in [-0.3, -0.25) is 9.69 Å². The molecule has 0 bridgehead atoms. The third-order valence-electron chi connectivity index (χ3n) is 5.48. The van der Waals surface area contributed by atoms with Crippen molar-refractivity contribution < 1.29 is 9.53 Å². The maximum absolute atomic E-state index is 13.5. The van der Waals surface area contributed by atoms with Crippen molar-refractivity contribution in [2.24, 2.45) is 0 Å². The molecule has 0 radical (unpaired) electrons. The molecular formula is C25H19ClN2O2. The van der Waals surface area contributed by atoms with Gasteiger partial charge in [0.2, 0.25) is 0 Å². The van der Waals surface area contributed by atoms with Gasteiger partial charge in [0.05, 0.1) is 18.4 Å². The van der Waals surface area contributed by atoms with Gasteiger partial charge in [-0.15, -0.1) is 0 Å². The maximum atomic E-state index is 13.5. The lowest BCUT2D eigenvalue weighted by Crippen LogP contribution is -2.20. The highest BCUT2D eigenvalue weighted by molar-refractivity contribution is 6.40. The topological polar surface area (TPSA) is 45.3 Å². The van der Waals surface area contributed by atoms with E-state index < -0.39 is 0 Å². The predicted octanol–water partition coefficient (Wildman–Crippen LogP) is 6.36. The van der Waals surface area contributed by atoms with Crippen LogP contribution in [-0.4, -0.2) is 18.0 Å². The molecule has 1 amide bonds. The second kappa shape index (κ2) is 7.08. The number of carbonyl (C=O) groups excluding carboxylic acids is 1. The third-order valence-corrected chi connectivity index (χ3v) is 5.78. The molecule has 148 valence electrons. The van der Waals surface area contributed by atoms with Gasteiger partial charge >= 0.3 is 0 Å². The van der Waals surface area contributed by atoms with Crippen LogP contribution in [0.3, 0.4) is 0 Å². The molecule has 1 aliphatic rings. The SMILES string of the molecule is COc1cc2c(/C=C3/C(=O)N(c4ccccc4)c4ccccc43)c(Cl)[nH]c2cc1C. The summed E-state index contributed by atoms with van der Waals surface area (Å²) in [7, 11) is 1.65. The smallest absolute Gasteiger partial charge is 0.263 e. The number of aromatic amines is 1. The molecule has 0 fully saturated rings. The van der Waals surface area contributed by atoms with E-state index in [9.17, 15) is 4.79 Å². The van der Waals surface area contributed by atoms with E-state index in [1.54, 1.807) is 12.0 Å². The first-order valence-electron chi connectivity index (χ1n) is 9.65. The average Bonchev–Trinajstić information content (AvgIpc) is 3.21. The first kappa shape index (κ1) is 18.5. The molecule has 0 saturated heterocycles. The van der Waals surface area contributed by atoms with Gasteiger partial charge in [-0.2, -0.15) is 0 Å². The van der Waals surface area contributed by atoms with Crippen molar-refractivity contribution in [3.63, 3.8) is 0 Å². The Labute approximate surface area is 179 Å². The van der Waals surface area contributed by atoms with Crippen LogP contribution in [0.15, 0.2) is 66.7 Å². The quantitative estimate of drug-likeness (QED) is 0.396. The van der Waals surface area contributed by atoms with E-state index in [0.29, 0.717) is 10.7 Å². The standard InChI is InChI=1S/C25H19ClN2O2/c1-15-12-21-18(14-23(15)30-2)19(24(26)27-21)13-20-17-10-6-7-11-22(17)28(25(20)29)16-8-4-3-5-9-16/h3-14,27H,1-2H3/b20-13+. The molecule has 2 heterocycles. The minimum Gasteiger partial charge on any atom is -0.496 e. The van der Waals surface area contributed by atoms with E-state index in [1.807, 2.05) is 79.7 Å². The number of nitrogens with one attached hydrogen (secondary N) is 1. The van der Waals surface area contributed by atoms with Gasteiger partial charge in [-0.05, 0) is 48.9 Å². The number of aryl methyl sites for hydroxylation is 1. The van der Waals surface area contributed by atoms with Crippen molar-refractivity contribution in [2.75, 3.05) is 12.0 Å². The second-order valence-corrected chi connectivity index (χ2v) is 7.65. The molecule has 4 aromatic rings. The zero-order chi connectivity index (χ0) is 20.8. The fourth-order valence-corrected chi connectivity index (χ4v) is 4.30. The maximum Gasteiger partial charge on any atom is 0.263 e. The molecule has 0 unspecified atom stereocenters. The summed E-state index contributed by atoms with van der Waals surface area (Å²) in [5.41, 5.74) is 5.89. The molecule has 4 nitrogen and oxygen atoms in total. The van der Waals surface area contributed by atoms with Gasteiger partial charge in [0.25, 0.3) is 5.91 Å². The second-order valence-electron chi connectivity index (χ2n) is 7.27. The van der Waals surface area contributed by atoms with Gasteiger partial charge in [0.15, 0.2) is 0 Å². The number of ether oxygens (including phenoxy) is 1. The molecule has 3 aromatic carbocycles. The molecule has 0 saturated carbocycles. The Kier molecular flexibility index (Phi) is 4.37. The van der Waals surface area contributed by atoms with Gasteiger partial charge in [-0.1, -0.05) is 48.0 Å². The highest BCUT2D eigenvalue weighted by Gasteiger charge is 2.33. The first-order chi connectivity index (χ1) is 14.6. The van der Waals surface area contributed by atoms with Crippen LogP contribution in [0.25, 0.3) is 22.6 Å². The minimum absolute atomic E-state index is 0.0770. The Morgan fingerprint density at radius 1 is 1.03 bits per heavy atom. The van der Waals surface area contributed by atoms with Crippen LogP contribution in [-0.2, 0) is 4.79 Å². The number of halogens is 1. The zero-order valence-electron chi connectivity index (χ0n) is 16.6. The van der Waals surface area contributed by atoms with E-state index in [4.69, 9.17) is 16.3 Å². The molecule has 5 heteroatoms. The van der Waals surface area contributed by atoms with Crippen LogP contribution in [0.4, 0.5) is 11.4 Å². The molecule has 1 N–H and O–H groups in total. The number of aromatic nitrogens is 1. The van der Waals surface area contributed by atoms with E-state index in [1.165, 1.54) is 0 Å². The Hall–Kier alpha value is -3.50. The lowest BCUT2D eigenvalue weighted by atomic mass is 10.0. The van der Waals surface area contributed by atoms with Crippen molar-refractivity contribution in [3.8, 4) is 5.75 Å². The van der Waals surface area contributed by atoms with Crippen LogP contribution >= 0.6 is 11.6 Å². The fourth-order valence-electron chi connectivity index (χ4n) is 4.04. The highest BCUT2D eigenvalue weighted by atomic mass is 35.5. The molecule has 1 aromatic heterocycles. The Morgan fingerprint density at radius 2 is 1.77 bits per heavy atom. The number of rotatable bonds is 3. The van der Waals surface area contributed by atoms with Crippen LogP contribution in [0.1, 0.15) is 16.7 Å². The number of para-hydroxylation sites is 2. The molecule has 5 rings (SSSR count). The number of anilines is 2. The van der Waals surface area contributed by atoms with Crippen LogP contribution in [0.5, 0.6) is 5.75 Å². The largest absolute Gasteiger partial charge is 0.496 e. The van der Waals surface area contributed by atoms with Gasteiger partial charge in [0, 0.05) is 27.7 Å². The van der Waals surface area contributed by atoms with E-state index in [-0.39, 0.29) is 5.91 Å². The normalized spacial score (nSPS) is 14.6. The zero-order valence-corrected chi connectivity index (χ0v) is 17.3. The number of benzene rings is 3. The third kappa shape index (κ3) is 2.80. The van der Waals surface area contributed by atoms with E-state index >= 15 is 0 Å². The monoisotopic (exact) mass is 414 g/mol. The number of H-pyrrole nitrogens is 1. The Bertz CT molecular complexity index is 1320. The predicted molar refractivity (Wildman–Crippen MR) is 122 cm³/mol. The number of methoxy groups -OCH3 is 1.